The fourth-order valence-corrected chi connectivity index (χ4v) is 1.03. The van der Waals surface area contributed by atoms with Crippen LogP contribution in [0.15, 0.2) is 23.8 Å². The molecule has 0 aliphatic heterocycles. The average molecular weight is 243 g/mol. The van der Waals surface area contributed by atoms with E-state index in [2.05, 4.69) is 0 Å². The molecular formula is C8H8CoO5. The van der Waals surface area contributed by atoms with Crippen molar-refractivity contribution in [2.24, 2.45) is 0 Å². The second kappa shape index (κ2) is 4.40. The van der Waals surface area contributed by atoms with Gasteiger partial charge in [-0.2, -0.15) is 0 Å². The molecule has 0 heterocycles. The zero-order valence-electron chi connectivity index (χ0n) is 6.93. The summed E-state index contributed by atoms with van der Waals surface area (Å²) in [5.41, 5.74) is -2.20. The molecule has 1 unspecified atom stereocenters. The molecule has 0 aromatic carbocycles. The zero-order valence-corrected chi connectivity index (χ0v) is 7.97. The van der Waals surface area contributed by atoms with E-state index in [9.17, 15) is 14.7 Å². The van der Waals surface area contributed by atoms with Gasteiger partial charge in [-0.3, -0.25) is 0 Å². The minimum Gasteiger partial charge on any atom is -0.479 e. The van der Waals surface area contributed by atoms with Crippen LogP contribution in [0.4, 0.5) is 0 Å². The number of allylic oxidation sites excluding steroid dienone is 2. The molecule has 0 bridgehead atoms. The first kappa shape index (κ1) is 12.9. The maximum absolute atomic E-state index is 10.5. The first-order chi connectivity index (χ1) is 5.96. The van der Waals surface area contributed by atoms with Crippen LogP contribution < -0.4 is 0 Å². The first-order valence-corrected chi connectivity index (χ1v) is 3.53. The van der Waals surface area contributed by atoms with Gasteiger partial charge in [0.25, 0.3) is 0 Å². The molecule has 6 heteroatoms. The number of hydrogen-bond donors (Lipinski definition) is 3. The van der Waals surface area contributed by atoms with Gasteiger partial charge >= 0.3 is 11.9 Å². The van der Waals surface area contributed by atoms with Crippen molar-refractivity contribution in [3.05, 3.63) is 23.8 Å². The SMILES string of the molecule is O=C(O)C1=CC=CC(O)(C(=O)O)C1.[Co]. The Bertz CT molecular complexity index is 320. The van der Waals surface area contributed by atoms with Crippen LogP contribution in [0.3, 0.4) is 0 Å². The van der Waals surface area contributed by atoms with Gasteiger partial charge in [0.1, 0.15) is 0 Å². The summed E-state index contributed by atoms with van der Waals surface area (Å²) in [5.74, 6) is -2.67. The molecule has 0 aromatic rings. The Hall–Kier alpha value is -1.11. The molecule has 1 rings (SSSR count). The van der Waals surface area contributed by atoms with E-state index in [-0.39, 0.29) is 22.4 Å². The van der Waals surface area contributed by atoms with E-state index in [1.165, 1.54) is 12.2 Å². The molecule has 79 valence electrons. The van der Waals surface area contributed by atoms with Gasteiger partial charge in [0.15, 0.2) is 5.60 Å². The van der Waals surface area contributed by atoms with Crippen molar-refractivity contribution in [2.75, 3.05) is 0 Å². The molecule has 1 atom stereocenters. The molecule has 0 spiro atoms. The fraction of sp³-hybridized carbons (Fsp3) is 0.250. The van der Waals surface area contributed by atoms with Crippen molar-refractivity contribution in [1.82, 2.24) is 0 Å². The van der Waals surface area contributed by atoms with Crippen molar-refractivity contribution in [2.45, 2.75) is 12.0 Å². The summed E-state index contributed by atoms with van der Waals surface area (Å²) in [7, 11) is 0. The predicted molar refractivity (Wildman–Crippen MR) is 42.1 cm³/mol. The predicted octanol–water partition coefficient (Wildman–Crippen LogP) is -0.230. The summed E-state index contributed by atoms with van der Waals surface area (Å²) >= 11 is 0. The van der Waals surface area contributed by atoms with E-state index in [0.29, 0.717) is 0 Å². The van der Waals surface area contributed by atoms with Gasteiger partial charge in [-0.05, 0) is 6.08 Å². The van der Waals surface area contributed by atoms with Gasteiger partial charge in [-0.1, -0.05) is 12.2 Å². The Kier molecular flexibility index (Phi) is 4.05. The quantitative estimate of drug-likeness (QED) is 0.622. The standard InChI is InChI=1S/C8H8O5.Co/c9-6(10)5-2-1-3-8(13,4-5)7(11)12;/h1-3,13H,4H2,(H,9,10)(H,11,12);. The maximum atomic E-state index is 10.5. The minimum atomic E-state index is -2.08. The van der Waals surface area contributed by atoms with Crippen LogP contribution in [0.5, 0.6) is 0 Å². The van der Waals surface area contributed by atoms with Crippen molar-refractivity contribution in [1.29, 1.82) is 0 Å². The number of rotatable bonds is 2. The molecule has 1 radical (unpaired) electrons. The second-order valence-electron chi connectivity index (χ2n) is 2.76. The zero-order chi connectivity index (χ0) is 10.1. The molecule has 0 amide bonds. The third-order valence-electron chi connectivity index (χ3n) is 1.77. The first-order valence-electron chi connectivity index (χ1n) is 3.53. The van der Waals surface area contributed by atoms with Gasteiger partial charge in [-0.15, -0.1) is 0 Å². The summed E-state index contributed by atoms with van der Waals surface area (Å²) in [5, 5.41) is 26.5. The molecule has 3 N–H and O–H groups in total. The van der Waals surface area contributed by atoms with Crippen LogP contribution in [0.1, 0.15) is 6.42 Å². The number of carboxylic acid groups (broad SMARTS) is 2. The van der Waals surface area contributed by atoms with Gasteiger partial charge in [0.2, 0.25) is 0 Å². The van der Waals surface area contributed by atoms with E-state index in [1.54, 1.807) is 0 Å². The van der Waals surface area contributed by atoms with Crippen molar-refractivity contribution < 1.29 is 41.7 Å². The third kappa shape index (κ3) is 2.44. The fourth-order valence-electron chi connectivity index (χ4n) is 1.03. The minimum absolute atomic E-state index is 0. The van der Waals surface area contributed by atoms with E-state index < -0.39 is 24.0 Å². The van der Waals surface area contributed by atoms with E-state index in [1.807, 2.05) is 0 Å². The average Bonchev–Trinajstić information content (AvgIpc) is 2.04. The van der Waals surface area contributed by atoms with Crippen molar-refractivity contribution >= 4 is 11.9 Å². The second-order valence-corrected chi connectivity index (χ2v) is 2.76. The summed E-state index contributed by atoms with van der Waals surface area (Å²) in [4.78, 5) is 21.0. The van der Waals surface area contributed by atoms with E-state index >= 15 is 0 Å². The summed E-state index contributed by atoms with van der Waals surface area (Å²) < 4.78 is 0. The number of hydrogen-bond acceptors (Lipinski definition) is 3. The van der Waals surface area contributed by atoms with Crippen LogP contribution in [-0.2, 0) is 26.4 Å². The Morgan fingerprint density at radius 3 is 2.36 bits per heavy atom. The van der Waals surface area contributed by atoms with Gasteiger partial charge in [-0.25, -0.2) is 9.59 Å². The summed E-state index contributed by atoms with van der Waals surface area (Å²) in [6.45, 7) is 0. The van der Waals surface area contributed by atoms with Crippen LogP contribution in [0, 0.1) is 0 Å². The van der Waals surface area contributed by atoms with Crippen LogP contribution in [0.25, 0.3) is 0 Å². The van der Waals surface area contributed by atoms with Crippen LogP contribution in [-0.4, -0.2) is 32.9 Å². The van der Waals surface area contributed by atoms with Gasteiger partial charge in [0.05, 0.1) is 0 Å². The van der Waals surface area contributed by atoms with Crippen LogP contribution >= 0.6 is 0 Å². The van der Waals surface area contributed by atoms with Crippen LogP contribution in [0.2, 0.25) is 0 Å². The molecule has 0 saturated carbocycles. The molecular weight excluding hydrogens is 235 g/mol. The normalized spacial score (nSPS) is 24.8. The third-order valence-corrected chi connectivity index (χ3v) is 1.77. The summed E-state index contributed by atoms with van der Waals surface area (Å²) in [6, 6.07) is 0. The van der Waals surface area contributed by atoms with Crippen molar-refractivity contribution in [3.63, 3.8) is 0 Å². The number of carbonyl (C=O) groups is 2. The van der Waals surface area contributed by atoms with Gasteiger partial charge < -0.3 is 15.3 Å². The Labute approximate surface area is 89.9 Å². The molecule has 1 aliphatic carbocycles. The molecule has 0 fully saturated rings. The molecule has 1 aliphatic rings. The Morgan fingerprint density at radius 2 is 1.93 bits per heavy atom. The monoisotopic (exact) mass is 243 g/mol. The summed E-state index contributed by atoms with van der Waals surface area (Å²) in [6.07, 6.45) is 3.14. The molecule has 0 saturated heterocycles. The maximum Gasteiger partial charge on any atom is 0.340 e. The number of carboxylic acids is 2. The van der Waals surface area contributed by atoms with Crippen molar-refractivity contribution in [3.8, 4) is 0 Å². The van der Waals surface area contributed by atoms with E-state index in [0.717, 1.165) is 6.08 Å². The van der Waals surface area contributed by atoms with Gasteiger partial charge in [0, 0.05) is 28.8 Å². The largest absolute Gasteiger partial charge is 0.479 e. The molecule has 5 nitrogen and oxygen atoms in total. The molecule has 14 heavy (non-hydrogen) atoms. The molecule has 0 aromatic heterocycles. The Morgan fingerprint density at radius 1 is 1.36 bits per heavy atom. The van der Waals surface area contributed by atoms with E-state index in [4.69, 9.17) is 10.2 Å². The Balaban J connectivity index is 0.00000169. The topological polar surface area (TPSA) is 94.8 Å². The smallest absolute Gasteiger partial charge is 0.340 e. The number of aliphatic carboxylic acids is 2. The number of aliphatic hydroxyl groups is 1.